The van der Waals surface area contributed by atoms with E-state index in [0.717, 1.165) is 41.0 Å². The van der Waals surface area contributed by atoms with Crippen LogP contribution in [0, 0.1) is 0 Å². The first-order valence-electron chi connectivity index (χ1n) is 11.4. The van der Waals surface area contributed by atoms with Crippen molar-refractivity contribution >= 4 is 33.4 Å². The molecule has 34 heavy (non-hydrogen) atoms. The van der Waals surface area contributed by atoms with Crippen LogP contribution in [0.1, 0.15) is 44.2 Å². The van der Waals surface area contributed by atoms with Gasteiger partial charge in [0, 0.05) is 24.7 Å². The third-order valence-corrected chi connectivity index (χ3v) is 6.94. The van der Waals surface area contributed by atoms with Gasteiger partial charge in [-0.2, -0.15) is 4.31 Å². The van der Waals surface area contributed by atoms with Gasteiger partial charge in [0.05, 0.1) is 12.8 Å². The lowest BCUT2D eigenvalue weighted by Crippen LogP contribution is -2.51. The normalized spacial score (nSPS) is 12.4. The molecule has 0 bridgehead atoms. The number of carbonyl (C=O) groups excluding carboxylic acids is 2. The topological polar surface area (TPSA) is 86.8 Å². The molecular weight excluding hydrogens is 474 g/mol. The Morgan fingerprint density at radius 3 is 2.18 bits per heavy atom. The summed E-state index contributed by atoms with van der Waals surface area (Å²) in [7, 11) is -3.67. The van der Waals surface area contributed by atoms with Gasteiger partial charge in [-0.15, -0.1) is 0 Å². The van der Waals surface area contributed by atoms with E-state index in [2.05, 4.69) is 12.2 Å². The molecule has 0 spiro atoms. The molecule has 1 atom stereocenters. The molecular formula is C25H34ClN3O4S. The molecule has 1 N–H and O–H groups in total. The number of hydrogen-bond acceptors (Lipinski definition) is 4. The Morgan fingerprint density at radius 2 is 1.59 bits per heavy atom. The van der Waals surface area contributed by atoms with Crippen molar-refractivity contribution in [2.24, 2.45) is 0 Å². The second-order valence-electron chi connectivity index (χ2n) is 8.34. The number of amides is 2. The number of carbonyl (C=O) groups is 2. The molecule has 0 heterocycles. The highest BCUT2D eigenvalue weighted by atomic mass is 35.5. The van der Waals surface area contributed by atoms with Gasteiger partial charge in [-0.1, -0.05) is 73.8 Å². The third-order valence-electron chi connectivity index (χ3n) is 5.50. The largest absolute Gasteiger partial charge is 0.354 e. The lowest BCUT2D eigenvalue weighted by Gasteiger charge is -2.31. The van der Waals surface area contributed by atoms with Crippen molar-refractivity contribution in [1.29, 1.82) is 0 Å². The zero-order chi connectivity index (χ0) is 25.1. The summed E-state index contributed by atoms with van der Waals surface area (Å²) in [5.74, 6) is -0.722. The summed E-state index contributed by atoms with van der Waals surface area (Å²) in [4.78, 5) is 27.6. The molecule has 0 saturated heterocycles. The van der Waals surface area contributed by atoms with E-state index < -0.39 is 22.0 Å². The summed E-state index contributed by atoms with van der Waals surface area (Å²) in [6.45, 7) is 4.13. The second-order valence-corrected chi connectivity index (χ2v) is 10.8. The number of sulfonamides is 1. The van der Waals surface area contributed by atoms with Crippen LogP contribution in [-0.4, -0.2) is 54.8 Å². The number of nitrogens with zero attached hydrogens (tertiary/aromatic N) is 2. The van der Waals surface area contributed by atoms with Crippen molar-refractivity contribution in [3.63, 3.8) is 0 Å². The van der Waals surface area contributed by atoms with Gasteiger partial charge in [-0.25, -0.2) is 8.42 Å². The molecule has 2 rings (SSSR count). The minimum absolute atomic E-state index is 0.0673. The summed E-state index contributed by atoms with van der Waals surface area (Å²) < 4.78 is 26.0. The predicted octanol–water partition coefficient (Wildman–Crippen LogP) is 3.83. The number of nitrogens with one attached hydrogen (secondary N) is 1. The van der Waals surface area contributed by atoms with Crippen LogP contribution in [0.25, 0.3) is 0 Å². The second kappa shape index (κ2) is 13.5. The Kier molecular flexibility index (Phi) is 11.0. The first-order chi connectivity index (χ1) is 16.1. The van der Waals surface area contributed by atoms with E-state index in [1.165, 1.54) is 4.90 Å². The molecule has 9 heteroatoms. The fourth-order valence-corrected chi connectivity index (χ4v) is 4.28. The van der Waals surface area contributed by atoms with Crippen molar-refractivity contribution < 1.29 is 18.0 Å². The van der Waals surface area contributed by atoms with Gasteiger partial charge in [0.25, 0.3) is 0 Å². The predicted molar refractivity (Wildman–Crippen MR) is 136 cm³/mol. The Labute approximate surface area is 208 Å². The van der Waals surface area contributed by atoms with Crippen LogP contribution in [0.5, 0.6) is 0 Å². The van der Waals surface area contributed by atoms with Gasteiger partial charge in [0.2, 0.25) is 21.8 Å². The number of unbranched alkanes of at least 4 members (excludes halogenated alkanes) is 2. The molecule has 0 unspecified atom stereocenters. The molecule has 7 nitrogen and oxygen atoms in total. The van der Waals surface area contributed by atoms with E-state index in [4.69, 9.17) is 11.6 Å². The van der Waals surface area contributed by atoms with Crippen LogP contribution in [0.15, 0.2) is 54.6 Å². The maximum Gasteiger partial charge on any atom is 0.242 e. The van der Waals surface area contributed by atoms with Crippen LogP contribution < -0.4 is 5.32 Å². The Hall–Kier alpha value is -2.42. The average molecular weight is 508 g/mol. The zero-order valence-corrected chi connectivity index (χ0v) is 21.6. The molecule has 0 saturated carbocycles. The third kappa shape index (κ3) is 9.08. The molecule has 2 amide bonds. The van der Waals surface area contributed by atoms with Gasteiger partial charge in [-0.3, -0.25) is 9.59 Å². The highest BCUT2D eigenvalue weighted by molar-refractivity contribution is 7.88. The summed E-state index contributed by atoms with van der Waals surface area (Å²) in [5, 5.41) is 3.45. The monoisotopic (exact) mass is 507 g/mol. The molecule has 2 aromatic carbocycles. The van der Waals surface area contributed by atoms with E-state index in [1.54, 1.807) is 43.3 Å². The number of benzene rings is 2. The summed E-state index contributed by atoms with van der Waals surface area (Å²) in [6.07, 6.45) is 3.98. The van der Waals surface area contributed by atoms with Crippen LogP contribution in [0.2, 0.25) is 5.02 Å². The van der Waals surface area contributed by atoms with E-state index >= 15 is 0 Å². The smallest absolute Gasteiger partial charge is 0.242 e. The lowest BCUT2D eigenvalue weighted by atomic mass is 10.1. The van der Waals surface area contributed by atoms with Gasteiger partial charge >= 0.3 is 0 Å². The first-order valence-corrected chi connectivity index (χ1v) is 13.6. The Bertz CT molecular complexity index is 1030. The minimum Gasteiger partial charge on any atom is -0.354 e. The quantitative estimate of drug-likeness (QED) is 0.417. The van der Waals surface area contributed by atoms with Gasteiger partial charge in [0.15, 0.2) is 0 Å². The summed E-state index contributed by atoms with van der Waals surface area (Å²) in [6, 6.07) is 15.3. The standard InChI is InChI=1S/C25H34ClN3O4S/c1-4-5-9-16-27-25(31)20(2)29(18-22-12-14-23(26)15-13-22)24(30)19-28(34(3,32)33)17-21-10-7-6-8-11-21/h6-8,10-15,20H,4-5,9,16-19H2,1-3H3,(H,27,31)/t20-/m1/s1. The van der Waals surface area contributed by atoms with Crippen LogP contribution in [0.3, 0.4) is 0 Å². The molecule has 0 aliphatic rings. The highest BCUT2D eigenvalue weighted by Crippen LogP contribution is 2.16. The summed E-state index contributed by atoms with van der Waals surface area (Å²) >= 11 is 5.98. The Morgan fingerprint density at radius 1 is 0.971 bits per heavy atom. The van der Waals surface area contributed by atoms with Crippen LogP contribution in [-0.2, 0) is 32.7 Å². The van der Waals surface area contributed by atoms with Crippen molar-refractivity contribution in [2.45, 2.75) is 52.2 Å². The molecule has 0 aromatic heterocycles. The highest BCUT2D eigenvalue weighted by Gasteiger charge is 2.29. The van der Waals surface area contributed by atoms with Gasteiger partial charge in [0.1, 0.15) is 6.04 Å². The van der Waals surface area contributed by atoms with Crippen molar-refractivity contribution in [3.8, 4) is 0 Å². The van der Waals surface area contributed by atoms with E-state index in [0.29, 0.717) is 11.6 Å². The van der Waals surface area contributed by atoms with Crippen molar-refractivity contribution in [1.82, 2.24) is 14.5 Å². The molecule has 0 aliphatic carbocycles. The van der Waals surface area contributed by atoms with Gasteiger partial charge < -0.3 is 10.2 Å². The van der Waals surface area contributed by atoms with Gasteiger partial charge in [-0.05, 0) is 36.6 Å². The maximum atomic E-state index is 13.4. The molecule has 2 aromatic rings. The summed E-state index contributed by atoms with van der Waals surface area (Å²) in [5.41, 5.74) is 1.56. The zero-order valence-electron chi connectivity index (χ0n) is 20.0. The fraction of sp³-hybridized carbons (Fsp3) is 0.440. The van der Waals surface area contributed by atoms with E-state index in [1.807, 2.05) is 18.2 Å². The molecule has 0 radical (unpaired) electrons. The number of halogens is 1. The van der Waals surface area contributed by atoms with Crippen LogP contribution >= 0.6 is 11.6 Å². The Balaban J connectivity index is 2.23. The molecule has 186 valence electrons. The van der Waals surface area contributed by atoms with Crippen molar-refractivity contribution in [3.05, 3.63) is 70.7 Å². The molecule has 0 aliphatic heterocycles. The number of hydrogen-bond donors (Lipinski definition) is 1. The molecule has 0 fully saturated rings. The maximum absolute atomic E-state index is 13.4. The lowest BCUT2D eigenvalue weighted by molar-refractivity contribution is -0.140. The van der Waals surface area contributed by atoms with E-state index in [9.17, 15) is 18.0 Å². The van der Waals surface area contributed by atoms with Crippen LogP contribution in [0.4, 0.5) is 0 Å². The van der Waals surface area contributed by atoms with E-state index in [-0.39, 0.29) is 25.5 Å². The SMILES string of the molecule is CCCCCNC(=O)[C@@H](C)N(Cc1ccc(Cl)cc1)C(=O)CN(Cc1ccccc1)S(C)(=O)=O. The first kappa shape index (κ1) is 27.8. The fourth-order valence-electron chi connectivity index (χ4n) is 3.42. The minimum atomic E-state index is -3.67. The average Bonchev–Trinajstić information content (AvgIpc) is 2.80. The number of rotatable bonds is 13. The van der Waals surface area contributed by atoms with Crippen molar-refractivity contribution in [2.75, 3.05) is 19.3 Å².